The fourth-order valence-electron chi connectivity index (χ4n) is 2.00. The highest BCUT2D eigenvalue weighted by atomic mass is 16.2. The van der Waals surface area contributed by atoms with E-state index in [4.69, 9.17) is 0 Å². The fraction of sp³-hybridized carbons (Fsp3) is 0.462. The van der Waals surface area contributed by atoms with Crippen LogP contribution in [-0.4, -0.2) is 29.9 Å². The standard InChI is InChI=1S/C13H18N2O/c1-13(2,14-3)9-15-8-10-6-4-5-7-11(10)12(15)16/h4-7,14H,8-9H2,1-3H3. The van der Waals surface area contributed by atoms with Gasteiger partial charge in [0.2, 0.25) is 0 Å². The van der Waals surface area contributed by atoms with E-state index in [2.05, 4.69) is 19.2 Å². The molecule has 16 heavy (non-hydrogen) atoms. The first-order valence-electron chi connectivity index (χ1n) is 5.59. The number of nitrogens with zero attached hydrogens (tertiary/aromatic N) is 1. The largest absolute Gasteiger partial charge is 0.332 e. The number of rotatable bonds is 3. The number of likely N-dealkylation sites (N-methyl/N-ethyl adjacent to an activating group) is 1. The maximum Gasteiger partial charge on any atom is 0.254 e. The summed E-state index contributed by atoms with van der Waals surface area (Å²) >= 11 is 0. The zero-order chi connectivity index (χ0) is 11.8. The molecule has 1 aromatic carbocycles. The van der Waals surface area contributed by atoms with Gasteiger partial charge in [-0.05, 0) is 32.5 Å². The van der Waals surface area contributed by atoms with Gasteiger partial charge in [-0.1, -0.05) is 18.2 Å². The lowest BCUT2D eigenvalue weighted by Gasteiger charge is -2.29. The van der Waals surface area contributed by atoms with Crippen molar-refractivity contribution in [2.75, 3.05) is 13.6 Å². The number of amides is 1. The predicted molar refractivity (Wildman–Crippen MR) is 64.3 cm³/mol. The molecule has 0 fully saturated rings. The van der Waals surface area contributed by atoms with E-state index in [0.29, 0.717) is 0 Å². The molecule has 1 aromatic rings. The molecular weight excluding hydrogens is 200 g/mol. The van der Waals surface area contributed by atoms with E-state index in [9.17, 15) is 4.79 Å². The Balaban J connectivity index is 2.16. The molecule has 0 spiro atoms. The van der Waals surface area contributed by atoms with Crippen molar-refractivity contribution in [2.24, 2.45) is 0 Å². The molecule has 0 radical (unpaired) electrons. The van der Waals surface area contributed by atoms with E-state index in [1.165, 1.54) is 0 Å². The monoisotopic (exact) mass is 218 g/mol. The molecule has 0 bridgehead atoms. The molecule has 1 heterocycles. The van der Waals surface area contributed by atoms with Gasteiger partial charge in [0.05, 0.1) is 0 Å². The minimum absolute atomic E-state index is 0.0439. The lowest BCUT2D eigenvalue weighted by Crippen LogP contribution is -2.47. The lowest BCUT2D eigenvalue weighted by atomic mass is 10.1. The minimum Gasteiger partial charge on any atom is -0.332 e. The van der Waals surface area contributed by atoms with Gasteiger partial charge in [0.1, 0.15) is 0 Å². The van der Waals surface area contributed by atoms with Crippen LogP contribution in [0.4, 0.5) is 0 Å². The molecule has 0 atom stereocenters. The van der Waals surface area contributed by atoms with Gasteiger partial charge in [-0.3, -0.25) is 4.79 Å². The normalized spacial score (nSPS) is 15.4. The van der Waals surface area contributed by atoms with E-state index in [1.807, 2.05) is 36.2 Å². The quantitative estimate of drug-likeness (QED) is 0.836. The molecule has 1 aliphatic heterocycles. The summed E-state index contributed by atoms with van der Waals surface area (Å²) in [6.45, 7) is 5.67. The topological polar surface area (TPSA) is 32.3 Å². The van der Waals surface area contributed by atoms with E-state index in [-0.39, 0.29) is 11.4 Å². The number of benzene rings is 1. The number of hydrogen-bond acceptors (Lipinski definition) is 2. The zero-order valence-electron chi connectivity index (χ0n) is 10.1. The Labute approximate surface area is 96.5 Å². The van der Waals surface area contributed by atoms with Gasteiger partial charge in [-0.2, -0.15) is 0 Å². The Morgan fingerprint density at radius 2 is 2.06 bits per heavy atom. The van der Waals surface area contributed by atoms with Crippen molar-refractivity contribution in [1.82, 2.24) is 10.2 Å². The molecule has 3 nitrogen and oxygen atoms in total. The summed E-state index contributed by atoms with van der Waals surface area (Å²) in [5, 5.41) is 3.22. The van der Waals surface area contributed by atoms with Crippen LogP contribution in [0.15, 0.2) is 24.3 Å². The lowest BCUT2D eigenvalue weighted by molar-refractivity contribution is 0.0737. The van der Waals surface area contributed by atoms with Gasteiger partial charge in [-0.15, -0.1) is 0 Å². The molecule has 0 aromatic heterocycles. The number of fused-ring (bicyclic) bond motifs is 1. The zero-order valence-corrected chi connectivity index (χ0v) is 10.1. The third-order valence-corrected chi connectivity index (χ3v) is 3.16. The van der Waals surface area contributed by atoms with Gasteiger partial charge < -0.3 is 10.2 Å². The molecule has 3 heteroatoms. The minimum atomic E-state index is -0.0439. The van der Waals surface area contributed by atoms with Crippen LogP contribution >= 0.6 is 0 Å². The van der Waals surface area contributed by atoms with Crippen LogP contribution in [0.25, 0.3) is 0 Å². The van der Waals surface area contributed by atoms with Gasteiger partial charge >= 0.3 is 0 Å². The molecule has 0 unspecified atom stereocenters. The Morgan fingerprint density at radius 3 is 2.69 bits per heavy atom. The Morgan fingerprint density at radius 1 is 1.38 bits per heavy atom. The highest BCUT2D eigenvalue weighted by molar-refractivity contribution is 5.98. The number of nitrogens with one attached hydrogen (secondary N) is 1. The first-order chi connectivity index (χ1) is 7.53. The van der Waals surface area contributed by atoms with Gasteiger partial charge in [0.25, 0.3) is 5.91 Å². The predicted octanol–water partition coefficient (Wildman–Crippen LogP) is 1.64. The summed E-state index contributed by atoms with van der Waals surface area (Å²) in [4.78, 5) is 14.0. The van der Waals surface area contributed by atoms with Crippen LogP contribution in [0.5, 0.6) is 0 Å². The van der Waals surface area contributed by atoms with Crippen LogP contribution in [0.1, 0.15) is 29.8 Å². The maximum absolute atomic E-state index is 12.1. The van der Waals surface area contributed by atoms with Crippen LogP contribution < -0.4 is 5.32 Å². The highest BCUT2D eigenvalue weighted by Crippen LogP contribution is 2.23. The van der Waals surface area contributed by atoms with Gasteiger partial charge in [0.15, 0.2) is 0 Å². The summed E-state index contributed by atoms with van der Waals surface area (Å²) in [6, 6.07) is 7.84. The molecule has 0 aliphatic carbocycles. The molecule has 0 saturated heterocycles. The summed E-state index contributed by atoms with van der Waals surface area (Å²) in [6.07, 6.45) is 0. The smallest absolute Gasteiger partial charge is 0.254 e. The van der Waals surface area contributed by atoms with Crippen molar-refractivity contribution >= 4 is 5.91 Å². The van der Waals surface area contributed by atoms with Crippen molar-refractivity contribution < 1.29 is 4.79 Å². The second kappa shape index (κ2) is 3.91. The molecule has 86 valence electrons. The average Bonchev–Trinajstić information content (AvgIpc) is 2.56. The first kappa shape index (κ1) is 11.1. The van der Waals surface area contributed by atoms with E-state index >= 15 is 0 Å². The van der Waals surface area contributed by atoms with Crippen molar-refractivity contribution in [2.45, 2.75) is 25.9 Å². The second-order valence-corrected chi connectivity index (χ2v) is 4.95. The molecule has 1 N–H and O–H groups in total. The number of carbonyl (C=O) groups excluding carboxylic acids is 1. The fourth-order valence-corrected chi connectivity index (χ4v) is 2.00. The van der Waals surface area contributed by atoms with Gasteiger partial charge in [0, 0.05) is 24.2 Å². The molecule has 2 rings (SSSR count). The Bertz CT molecular complexity index is 412. The number of hydrogen-bond donors (Lipinski definition) is 1. The van der Waals surface area contributed by atoms with Crippen LogP contribution in [0, 0.1) is 0 Å². The summed E-state index contributed by atoms with van der Waals surface area (Å²) in [5.41, 5.74) is 1.95. The highest BCUT2D eigenvalue weighted by Gasteiger charge is 2.30. The third kappa shape index (κ3) is 1.95. The molecular formula is C13H18N2O. The number of carbonyl (C=O) groups is 1. The van der Waals surface area contributed by atoms with Crippen molar-refractivity contribution in [3.05, 3.63) is 35.4 Å². The molecule has 0 saturated carbocycles. The van der Waals surface area contributed by atoms with Crippen LogP contribution in [0.3, 0.4) is 0 Å². The van der Waals surface area contributed by atoms with E-state index < -0.39 is 0 Å². The average molecular weight is 218 g/mol. The third-order valence-electron chi connectivity index (χ3n) is 3.16. The second-order valence-electron chi connectivity index (χ2n) is 4.95. The van der Waals surface area contributed by atoms with E-state index in [0.717, 1.165) is 24.2 Å². The van der Waals surface area contributed by atoms with Crippen molar-refractivity contribution in [3.63, 3.8) is 0 Å². The SMILES string of the molecule is CNC(C)(C)CN1Cc2ccccc2C1=O. The van der Waals surface area contributed by atoms with E-state index in [1.54, 1.807) is 0 Å². The summed E-state index contributed by atoms with van der Waals surface area (Å²) in [7, 11) is 1.92. The summed E-state index contributed by atoms with van der Waals surface area (Å²) < 4.78 is 0. The first-order valence-corrected chi connectivity index (χ1v) is 5.59. The van der Waals surface area contributed by atoms with Crippen LogP contribution in [-0.2, 0) is 6.54 Å². The van der Waals surface area contributed by atoms with Crippen molar-refractivity contribution in [1.29, 1.82) is 0 Å². The molecule has 1 aliphatic rings. The van der Waals surface area contributed by atoms with Crippen molar-refractivity contribution in [3.8, 4) is 0 Å². The summed E-state index contributed by atoms with van der Waals surface area (Å²) in [5.74, 6) is 0.152. The Hall–Kier alpha value is -1.35. The molecule has 1 amide bonds. The Kier molecular flexibility index (Phi) is 2.72. The maximum atomic E-state index is 12.1. The van der Waals surface area contributed by atoms with Crippen LogP contribution in [0.2, 0.25) is 0 Å². The van der Waals surface area contributed by atoms with Gasteiger partial charge in [-0.25, -0.2) is 0 Å².